The molecule has 5 heteroatoms. The van der Waals surface area contributed by atoms with Crippen LogP contribution in [0.5, 0.6) is 0 Å². The SMILES string of the molecule is CCc1cc2c(N3CC(C)CC(C)C3)nc(NC)nc2s1. The van der Waals surface area contributed by atoms with Crippen molar-refractivity contribution in [2.45, 2.75) is 33.6 Å². The van der Waals surface area contributed by atoms with E-state index in [1.165, 1.54) is 16.7 Å². The van der Waals surface area contributed by atoms with Gasteiger partial charge in [0.05, 0.1) is 5.39 Å². The second-order valence-electron chi connectivity index (χ2n) is 6.26. The molecule has 2 unspecified atom stereocenters. The number of nitrogens with one attached hydrogen (secondary N) is 1. The van der Waals surface area contributed by atoms with Crippen molar-refractivity contribution in [3.8, 4) is 0 Å². The molecule has 3 rings (SSSR count). The van der Waals surface area contributed by atoms with Crippen LogP contribution in [0, 0.1) is 11.8 Å². The lowest BCUT2D eigenvalue weighted by molar-refractivity contribution is 0.356. The van der Waals surface area contributed by atoms with E-state index in [9.17, 15) is 0 Å². The molecule has 0 spiro atoms. The molecule has 4 nitrogen and oxygen atoms in total. The summed E-state index contributed by atoms with van der Waals surface area (Å²) in [6.45, 7) is 9.06. The van der Waals surface area contributed by atoms with E-state index in [4.69, 9.17) is 4.98 Å². The van der Waals surface area contributed by atoms with Gasteiger partial charge < -0.3 is 10.2 Å². The summed E-state index contributed by atoms with van der Waals surface area (Å²) in [7, 11) is 1.89. The van der Waals surface area contributed by atoms with Crippen molar-refractivity contribution >= 4 is 33.3 Å². The Bertz CT molecular complexity index is 626. The number of aromatic nitrogens is 2. The lowest BCUT2D eigenvalue weighted by atomic mass is 9.92. The molecular weight excluding hydrogens is 280 g/mol. The van der Waals surface area contributed by atoms with E-state index in [2.05, 4.69) is 42.0 Å². The highest BCUT2D eigenvalue weighted by molar-refractivity contribution is 7.18. The summed E-state index contributed by atoms with van der Waals surface area (Å²) in [6.07, 6.45) is 2.37. The standard InChI is InChI=1S/C16H24N4S/c1-5-12-7-13-14(18-16(17-4)19-15(13)21-12)20-8-10(2)6-11(3)9-20/h7,10-11H,5-6,8-9H2,1-4H3,(H,17,18,19). The van der Waals surface area contributed by atoms with Gasteiger partial charge in [0.25, 0.3) is 0 Å². The normalized spacial score (nSPS) is 22.8. The van der Waals surface area contributed by atoms with Gasteiger partial charge in [-0.1, -0.05) is 20.8 Å². The van der Waals surface area contributed by atoms with Crippen molar-refractivity contribution in [1.29, 1.82) is 0 Å². The van der Waals surface area contributed by atoms with Gasteiger partial charge in [-0.05, 0) is 30.7 Å². The number of hydrogen-bond donors (Lipinski definition) is 1. The minimum absolute atomic E-state index is 0.723. The highest BCUT2D eigenvalue weighted by atomic mass is 32.1. The number of fused-ring (bicyclic) bond motifs is 1. The molecule has 114 valence electrons. The molecule has 2 aromatic heterocycles. The van der Waals surface area contributed by atoms with Crippen LogP contribution in [0.4, 0.5) is 11.8 Å². The third-order valence-corrected chi connectivity index (χ3v) is 5.34. The zero-order chi connectivity index (χ0) is 15.0. The molecule has 1 fully saturated rings. The number of piperidine rings is 1. The van der Waals surface area contributed by atoms with Crippen LogP contribution in [0.3, 0.4) is 0 Å². The van der Waals surface area contributed by atoms with Crippen LogP contribution in [0.2, 0.25) is 0 Å². The van der Waals surface area contributed by atoms with Crippen molar-refractivity contribution in [2.75, 3.05) is 30.4 Å². The lowest BCUT2D eigenvalue weighted by Gasteiger charge is -2.36. The predicted molar refractivity (Wildman–Crippen MR) is 91.5 cm³/mol. The van der Waals surface area contributed by atoms with Crippen molar-refractivity contribution in [1.82, 2.24) is 9.97 Å². The fraction of sp³-hybridized carbons (Fsp3) is 0.625. The van der Waals surface area contributed by atoms with Crippen molar-refractivity contribution in [3.63, 3.8) is 0 Å². The zero-order valence-corrected chi connectivity index (χ0v) is 14.1. The Morgan fingerprint density at radius 2 is 2.00 bits per heavy atom. The summed E-state index contributed by atoms with van der Waals surface area (Å²) in [4.78, 5) is 14.3. The molecule has 1 aliphatic heterocycles. The van der Waals surface area contributed by atoms with Gasteiger partial charge in [0, 0.05) is 25.0 Å². The van der Waals surface area contributed by atoms with Gasteiger partial charge in [-0.15, -0.1) is 11.3 Å². The fourth-order valence-corrected chi connectivity index (χ4v) is 4.28. The lowest BCUT2D eigenvalue weighted by Crippen LogP contribution is -2.39. The van der Waals surface area contributed by atoms with E-state index < -0.39 is 0 Å². The molecule has 21 heavy (non-hydrogen) atoms. The topological polar surface area (TPSA) is 41.1 Å². The summed E-state index contributed by atoms with van der Waals surface area (Å²) >= 11 is 1.79. The van der Waals surface area contributed by atoms with Crippen LogP contribution >= 0.6 is 11.3 Å². The summed E-state index contributed by atoms with van der Waals surface area (Å²) in [5.41, 5.74) is 0. The third kappa shape index (κ3) is 2.84. The number of rotatable bonds is 3. The summed E-state index contributed by atoms with van der Waals surface area (Å²) in [5, 5.41) is 4.33. The third-order valence-electron chi connectivity index (χ3n) is 4.16. The maximum absolute atomic E-state index is 4.77. The van der Waals surface area contributed by atoms with Gasteiger partial charge in [0.2, 0.25) is 5.95 Å². The Labute approximate surface area is 130 Å². The molecule has 0 radical (unpaired) electrons. The first-order chi connectivity index (χ1) is 10.1. The van der Waals surface area contributed by atoms with Crippen molar-refractivity contribution < 1.29 is 0 Å². The fourth-order valence-electron chi connectivity index (χ4n) is 3.32. The molecule has 0 aromatic carbocycles. The molecule has 0 aliphatic carbocycles. The summed E-state index contributed by atoms with van der Waals surface area (Å²) in [5.74, 6) is 3.29. The van der Waals surface area contributed by atoms with E-state index in [-0.39, 0.29) is 0 Å². The maximum atomic E-state index is 4.77. The largest absolute Gasteiger partial charge is 0.357 e. The van der Waals surface area contributed by atoms with Crippen LogP contribution in [-0.4, -0.2) is 30.1 Å². The molecule has 2 aromatic rings. The number of aryl methyl sites for hydroxylation is 1. The van der Waals surface area contributed by atoms with E-state index in [1.807, 2.05) is 7.05 Å². The highest BCUT2D eigenvalue weighted by Gasteiger charge is 2.25. The number of nitrogens with zero attached hydrogens (tertiary/aromatic N) is 3. The Morgan fingerprint density at radius 1 is 1.29 bits per heavy atom. The van der Waals surface area contributed by atoms with Crippen molar-refractivity contribution in [3.05, 3.63) is 10.9 Å². The maximum Gasteiger partial charge on any atom is 0.225 e. The Balaban J connectivity index is 2.08. The summed E-state index contributed by atoms with van der Waals surface area (Å²) < 4.78 is 0. The van der Waals surface area contributed by atoms with Crippen molar-refractivity contribution in [2.24, 2.45) is 11.8 Å². The molecular formula is C16H24N4S. The summed E-state index contributed by atoms with van der Waals surface area (Å²) in [6, 6.07) is 2.28. The smallest absolute Gasteiger partial charge is 0.225 e. The van der Waals surface area contributed by atoms with Gasteiger partial charge in [-0.3, -0.25) is 0 Å². The average Bonchev–Trinajstić information content (AvgIpc) is 2.87. The van der Waals surface area contributed by atoms with Crippen LogP contribution in [0.15, 0.2) is 6.07 Å². The molecule has 0 amide bonds. The molecule has 3 heterocycles. The monoisotopic (exact) mass is 304 g/mol. The molecule has 2 atom stereocenters. The van der Waals surface area contributed by atoms with E-state index in [0.717, 1.165) is 47.9 Å². The quantitative estimate of drug-likeness (QED) is 0.937. The molecule has 1 N–H and O–H groups in total. The van der Waals surface area contributed by atoms with E-state index in [0.29, 0.717) is 0 Å². The molecule has 0 saturated carbocycles. The van der Waals surface area contributed by atoms with E-state index in [1.54, 1.807) is 11.3 Å². The average molecular weight is 304 g/mol. The Morgan fingerprint density at radius 3 is 2.62 bits per heavy atom. The van der Waals surface area contributed by atoms with E-state index >= 15 is 0 Å². The van der Waals surface area contributed by atoms with Crippen LogP contribution in [0.1, 0.15) is 32.1 Å². The zero-order valence-electron chi connectivity index (χ0n) is 13.3. The van der Waals surface area contributed by atoms with Gasteiger partial charge in [0.1, 0.15) is 10.6 Å². The molecule has 0 bridgehead atoms. The first-order valence-corrected chi connectivity index (χ1v) is 8.65. The number of hydrogen-bond acceptors (Lipinski definition) is 5. The highest BCUT2D eigenvalue weighted by Crippen LogP contribution is 2.35. The van der Waals surface area contributed by atoms with Crippen LogP contribution in [0.25, 0.3) is 10.2 Å². The Hall–Kier alpha value is -1.36. The van der Waals surface area contributed by atoms with Gasteiger partial charge in [-0.25, -0.2) is 4.98 Å². The minimum atomic E-state index is 0.723. The van der Waals surface area contributed by atoms with Crippen LogP contribution < -0.4 is 10.2 Å². The first-order valence-electron chi connectivity index (χ1n) is 7.83. The second kappa shape index (κ2) is 5.79. The van der Waals surface area contributed by atoms with Gasteiger partial charge in [0.15, 0.2) is 0 Å². The molecule has 1 saturated heterocycles. The molecule has 1 aliphatic rings. The Kier molecular flexibility index (Phi) is 4.02. The van der Waals surface area contributed by atoms with Crippen LogP contribution in [-0.2, 0) is 6.42 Å². The second-order valence-corrected chi connectivity index (χ2v) is 7.37. The predicted octanol–water partition coefficient (Wildman–Crippen LogP) is 3.78. The van der Waals surface area contributed by atoms with Gasteiger partial charge in [-0.2, -0.15) is 4.98 Å². The first kappa shape index (κ1) is 14.6. The number of thiophene rings is 1. The van der Waals surface area contributed by atoms with Gasteiger partial charge >= 0.3 is 0 Å². The number of anilines is 2. The minimum Gasteiger partial charge on any atom is -0.357 e.